The van der Waals surface area contributed by atoms with Crippen LogP contribution in [0.5, 0.6) is 0 Å². The van der Waals surface area contributed by atoms with Crippen molar-refractivity contribution in [2.45, 2.75) is 64.2 Å². The summed E-state index contributed by atoms with van der Waals surface area (Å²) in [6.07, 6.45) is 9.00. The van der Waals surface area contributed by atoms with E-state index < -0.39 is 0 Å². The minimum absolute atomic E-state index is 0.0405. The normalized spacial score (nSPS) is 21.7. The zero-order valence-corrected chi connectivity index (χ0v) is 23.3. The highest BCUT2D eigenvalue weighted by atomic mass is 16.2. The third-order valence-corrected chi connectivity index (χ3v) is 9.36. The predicted octanol–water partition coefficient (Wildman–Crippen LogP) is 2.45. The Labute approximate surface area is 234 Å². The monoisotopic (exact) mass is 542 g/mol. The zero-order chi connectivity index (χ0) is 27.4. The van der Waals surface area contributed by atoms with Crippen molar-refractivity contribution in [1.29, 1.82) is 0 Å². The molecule has 1 N–H and O–H groups in total. The number of aromatic nitrogens is 4. The summed E-state index contributed by atoms with van der Waals surface area (Å²) in [7, 11) is 0. The number of aromatic amines is 1. The molecule has 210 valence electrons. The van der Waals surface area contributed by atoms with E-state index in [1.807, 2.05) is 15.7 Å². The molecule has 10 heteroatoms. The third-order valence-electron chi connectivity index (χ3n) is 9.36. The molecule has 4 aliphatic rings. The van der Waals surface area contributed by atoms with E-state index in [1.165, 1.54) is 42.2 Å². The summed E-state index contributed by atoms with van der Waals surface area (Å²) in [6, 6.07) is 5.32. The number of likely N-dealkylation sites (tertiary alicyclic amines) is 1. The molecule has 0 unspecified atom stereocenters. The largest absolute Gasteiger partial charge is 0.365 e. The van der Waals surface area contributed by atoms with Crippen LogP contribution in [0, 0.1) is 6.92 Å². The molecule has 1 atom stereocenters. The highest BCUT2D eigenvalue weighted by Gasteiger charge is 2.38. The smallest absolute Gasteiger partial charge is 0.349 e. The summed E-state index contributed by atoms with van der Waals surface area (Å²) in [5, 5.41) is 8.54. The van der Waals surface area contributed by atoms with Gasteiger partial charge in [-0.05, 0) is 63.3 Å². The summed E-state index contributed by atoms with van der Waals surface area (Å²) in [5.41, 5.74) is 5.55. The number of fused-ring (bicyclic) bond motifs is 2. The van der Waals surface area contributed by atoms with Gasteiger partial charge in [-0.15, -0.1) is 0 Å². The number of nitrogens with zero attached hydrogens (tertiary/aromatic N) is 7. The van der Waals surface area contributed by atoms with Gasteiger partial charge in [0.2, 0.25) is 5.91 Å². The van der Waals surface area contributed by atoms with E-state index >= 15 is 0 Å². The van der Waals surface area contributed by atoms with E-state index in [1.54, 1.807) is 0 Å². The first kappa shape index (κ1) is 25.3. The number of aryl methyl sites for hydroxylation is 1. The molecule has 2 aromatic heterocycles. The van der Waals surface area contributed by atoms with Gasteiger partial charge in [0.15, 0.2) is 0 Å². The molecule has 1 amide bonds. The van der Waals surface area contributed by atoms with Crippen LogP contribution in [0.3, 0.4) is 0 Å². The van der Waals surface area contributed by atoms with Gasteiger partial charge in [-0.2, -0.15) is 10.1 Å². The minimum Gasteiger partial charge on any atom is -0.365 e. The fourth-order valence-corrected chi connectivity index (χ4v) is 7.16. The topological polar surface area (TPSA) is 93.6 Å². The number of hydrogen-bond donors (Lipinski definition) is 1. The number of benzene rings is 1. The van der Waals surface area contributed by atoms with Crippen LogP contribution < -0.4 is 15.5 Å². The average Bonchev–Trinajstić information content (AvgIpc) is 3.52. The fourth-order valence-electron chi connectivity index (χ4n) is 7.16. The van der Waals surface area contributed by atoms with Crippen molar-refractivity contribution < 1.29 is 4.79 Å². The van der Waals surface area contributed by atoms with Crippen molar-refractivity contribution in [3.63, 3.8) is 0 Å². The molecule has 1 saturated carbocycles. The number of piperazine rings is 1. The van der Waals surface area contributed by atoms with Gasteiger partial charge in [-0.1, -0.05) is 12.6 Å². The molecule has 3 aliphatic heterocycles. The van der Waals surface area contributed by atoms with Crippen LogP contribution in [0.2, 0.25) is 0 Å². The van der Waals surface area contributed by atoms with Gasteiger partial charge < -0.3 is 14.7 Å². The molecule has 5 heterocycles. The SMILES string of the molecule is C=CC(=O)N1CCN(c2nc(=O)n(C[C@@H]3CCCN3C3CC3)c3c2CCN(c2c(C)ccc4[nH]ncc24)C3)CC1. The van der Waals surface area contributed by atoms with Gasteiger partial charge in [0, 0.05) is 68.0 Å². The maximum absolute atomic E-state index is 13.8. The van der Waals surface area contributed by atoms with Crippen LogP contribution >= 0.6 is 0 Å². The second-order valence-electron chi connectivity index (χ2n) is 11.8. The summed E-state index contributed by atoms with van der Waals surface area (Å²) in [4.78, 5) is 39.8. The highest BCUT2D eigenvalue weighted by molar-refractivity contribution is 5.93. The summed E-state index contributed by atoms with van der Waals surface area (Å²) < 4.78 is 2.00. The third kappa shape index (κ3) is 4.38. The van der Waals surface area contributed by atoms with Crippen LogP contribution in [0.25, 0.3) is 10.9 Å². The van der Waals surface area contributed by atoms with Gasteiger partial charge >= 0.3 is 5.69 Å². The van der Waals surface area contributed by atoms with Crippen LogP contribution in [-0.2, 0) is 24.3 Å². The maximum atomic E-state index is 13.8. The van der Waals surface area contributed by atoms with Crippen LogP contribution in [0.4, 0.5) is 11.5 Å². The molecule has 0 spiro atoms. The lowest BCUT2D eigenvalue weighted by atomic mass is 10.0. The molecular formula is C30H38N8O2. The van der Waals surface area contributed by atoms with E-state index in [2.05, 4.69) is 50.5 Å². The van der Waals surface area contributed by atoms with Crippen LogP contribution in [0.1, 0.15) is 42.5 Å². The Bertz CT molecular complexity index is 1510. The number of amides is 1. The highest BCUT2D eigenvalue weighted by Crippen LogP contribution is 2.37. The predicted molar refractivity (Wildman–Crippen MR) is 156 cm³/mol. The van der Waals surface area contributed by atoms with Gasteiger partial charge in [0.1, 0.15) is 5.82 Å². The lowest BCUT2D eigenvalue weighted by molar-refractivity contribution is -0.126. The van der Waals surface area contributed by atoms with Crippen molar-refractivity contribution in [1.82, 2.24) is 29.5 Å². The molecule has 1 aliphatic carbocycles. The first-order valence-electron chi connectivity index (χ1n) is 14.7. The minimum atomic E-state index is -0.152. The number of hydrogen-bond acceptors (Lipinski definition) is 7. The van der Waals surface area contributed by atoms with Crippen molar-refractivity contribution in [3.8, 4) is 0 Å². The first-order chi connectivity index (χ1) is 19.5. The Morgan fingerprint density at radius 1 is 1.10 bits per heavy atom. The van der Waals surface area contributed by atoms with Gasteiger partial charge in [0.25, 0.3) is 0 Å². The molecule has 0 radical (unpaired) electrons. The van der Waals surface area contributed by atoms with E-state index in [0.29, 0.717) is 51.4 Å². The molecule has 1 aromatic carbocycles. The van der Waals surface area contributed by atoms with Crippen molar-refractivity contribution in [2.24, 2.45) is 0 Å². The maximum Gasteiger partial charge on any atom is 0.349 e. The summed E-state index contributed by atoms with van der Waals surface area (Å²) in [5.74, 6) is 0.770. The Hall–Kier alpha value is -3.66. The number of anilines is 2. The molecule has 7 rings (SSSR count). The number of rotatable bonds is 6. The van der Waals surface area contributed by atoms with Gasteiger partial charge in [-0.25, -0.2) is 4.79 Å². The van der Waals surface area contributed by atoms with Crippen LogP contribution in [-0.4, -0.2) is 86.8 Å². The van der Waals surface area contributed by atoms with Crippen molar-refractivity contribution in [2.75, 3.05) is 49.1 Å². The zero-order valence-electron chi connectivity index (χ0n) is 23.3. The average molecular weight is 543 g/mol. The first-order valence-corrected chi connectivity index (χ1v) is 14.7. The van der Waals surface area contributed by atoms with E-state index in [-0.39, 0.29) is 11.6 Å². The fraction of sp³-hybridized carbons (Fsp3) is 0.533. The molecule has 10 nitrogen and oxygen atoms in total. The number of H-pyrrole nitrogens is 1. The molecular weight excluding hydrogens is 504 g/mol. The second kappa shape index (κ2) is 10.1. The van der Waals surface area contributed by atoms with Crippen LogP contribution in [0.15, 0.2) is 35.8 Å². The summed E-state index contributed by atoms with van der Waals surface area (Å²) >= 11 is 0. The summed E-state index contributed by atoms with van der Waals surface area (Å²) in [6.45, 7) is 11.7. The number of carbonyl (C=O) groups excluding carboxylic acids is 1. The lowest BCUT2D eigenvalue weighted by Gasteiger charge is -2.39. The standard InChI is InChI=1S/C30H38N8O2/c1-3-27(39)34-13-15-35(16-14-34)29-23-10-12-36(28-20(2)6-9-25-24(28)17-31-33-25)19-26(23)38(30(40)32-29)18-22-5-4-11-37(22)21-7-8-21/h3,6,9,17,21-22H,1,4-5,7-8,10-16,18-19H2,2H3,(H,31,33)/t22-/m0/s1. The molecule has 3 aromatic rings. The Morgan fingerprint density at radius 3 is 2.70 bits per heavy atom. The van der Waals surface area contributed by atoms with Crippen molar-refractivity contribution >= 4 is 28.3 Å². The Balaban J connectivity index is 1.26. The van der Waals surface area contributed by atoms with Gasteiger partial charge in [0.05, 0.1) is 23.9 Å². The lowest BCUT2D eigenvalue weighted by Crippen LogP contribution is -2.50. The quantitative estimate of drug-likeness (QED) is 0.479. The van der Waals surface area contributed by atoms with E-state index in [0.717, 1.165) is 48.3 Å². The molecule has 0 bridgehead atoms. The number of carbonyl (C=O) groups is 1. The van der Waals surface area contributed by atoms with E-state index in [9.17, 15) is 9.59 Å². The Morgan fingerprint density at radius 2 is 1.93 bits per heavy atom. The van der Waals surface area contributed by atoms with Gasteiger partial charge in [-0.3, -0.25) is 19.4 Å². The molecule has 40 heavy (non-hydrogen) atoms. The second-order valence-corrected chi connectivity index (χ2v) is 11.8. The number of nitrogens with one attached hydrogen (secondary N) is 1. The molecule has 2 saturated heterocycles. The molecule has 3 fully saturated rings. The van der Waals surface area contributed by atoms with Crippen molar-refractivity contribution in [3.05, 3.63) is 58.3 Å². The van der Waals surface area contributed by atoms with E-state index in [4.69, 9.17) is 4.98 Å². The Kier molecular flexibility index (Phi) is 6.37.